The van der Waals surface area contributed by atoms with E-state index in [0.717, 1.165) is 11.1 Å². The van der Waals surface area contributed by atoms with E-state index in [0.29, 0.717) is 5.75 Å². The van der Waals surface area contributed by atoms with Crippen molar-refractivity contribution < 1.29 is 9.68 Å². The molecule has 0 bridgehead atoms. The van der Waals surface area contributed by atoms with E-state index in [1.54, 1.807) is 0 Å². The van der Waals surface area contributed by atoms with Crippen molar-refractivity contribution in [3.8, 4) is 28.0 Å². The second kappa shape index (κ2) is 8.12. The highest BCUT2D eigenvalue weighted by atomic mass is 16.5. The number of fused-ring (bicyclic) bond motifs is 6. The fourth-order valence-corrected chi connectivity index (χ4v) is 4.76. The highest BCUT2D eigenvalue weighted by molar-refractivity contribution is 6.25. The molecular weight excluding hydrogens is 403 g/mol. The summed E-state index contributed by atoms with van der Waals surface area (Å²) in [6.45, 7) is 0. The molecule has 6 aromatic carbocycles. The maximum absolute atomic E-state index is 8.90. The second-order valence-electron chi connectivity index (χ2n) is 8.23. The number of rotatable bonds is 4. The lowest BCUT2D eigenvalue weighted by Gasteiger charge is -2.12. The van der Waals surface area contributed by atoms with Crippen LogP contribution in [0.2, 0.25) is 0 Å². The Morgan fingerprint density at radius 3 is 1.33 bits per heavy atom. The standard InChI is InChI=1S/C30H21BO2/c32-31-33-24-16-13-21(14-17-24)20-9-11-22(12-10-20)23-15-18-29-27-7-2-1-5-25(27)26-6-3-4-8-28(26)30(29)19-23/h1-19,31-32H. The van der Waals surface area contributed by atoms with Crippen LogP contribution in [0, 0.1) is 0 Å². The van der Waals surface area contributed by atoms with Gasteiger partial charge in [-0.25, -0.2) is 0 Å². The van der Waals surface area contributed by atoms with E-state index in [2.05, 4.69) is 91.0 Å². The molecule has 6 aromatic rings. The molecule has 0 radical (unpaired) electrons. The first kappa shape index (κ1) is 19.6. The lowest BCUT2D eigenvalue weighted by Crippen LogP contribution is -1.99. The van der Waals surface area contributed by atoms with Gasteiger partial charge in [0.15, 0.2) is 0 Å². The molecule has 33 heavy (non-hydrogen) atoms. The first-order valence-corrected chi connectivity index (χ1v) is 11.1. The van der Waals surface area contributed by atoms with Gasteiger partial charge in [-0.1, -0.05) is 97.1 Å². The lowest BCUT2D eigenvalue weighted by atomic mass is 9.92. The Balaban J connectivity index is 1.44. The van der Waals surface area contributed by atoms with Crippen LogP contribution in [0.4, 0.5) is 0 Å². The normalized spacial score (nSPS) is 11.2. The van der Waals surface area contributed by atoms with Gasteiger partial charge in [0.2, 0.25) is 0 Å². The van der Waals surface area contributed by atoms with E-state index in [9.17, 15) is 0 Å². The van der Waals surface area contributed by atoms with Gasteiger partial charge in [-0.05, 0) is 72.8 Å². The molecule has 0 spiro atoms. The summed E-state index contributed by atoms with van der Waals surface area (Å²) < 4.78 is 5.12. The molecule has 156 valence electrons. The maximum atomic E-state index is 8.90. The van der Waals surface area contributed by atoms with E-state index in [1.807, 2.05) is 24.3 Å². The summed E-state index contributed by atoms with van der Waals surface area (Å²) in [7, 11) is -0.315. The summed E-state index contributed by atoms with van der Waals surface area (Å²) >= 11 is 0. The molecular formula is C30H21BO2. The van der Waals surface area contributed by atoms with Crippen LogP contribution in [0.5, 0.6) is 5.75 Å². The molecule has 0 unspecified atom stereocenters. The van der Waals surface area contributed by atoms with Gasteiger partial charge < -0.3 is 9.68 Å². The minimum atomic E-state index is -0.315. The summed E-state index contributed by atoms with van der Waals surface area (Å²) in [6, 6.07) is 40.6. The average Bonchev–Trinajstić information content (AvgIpc) is 2.89. The maximum Gasteiger partial charge on any atom is 0.504 e. The predicted octanol–water partition coefficient (Wildman–Crippen LogP) is 7.12. The molecule has 3 heteroatoms. The molecule has 1 N–H and O–H groups in total. The van der Waals surface area contributed by atoms with Crippen LogP contribution < -0.4 is 4.65 Å². The van der Waals surface area contributed by atoms with Crippen LogP contribution in [0.1, 0.15) is 0 Å². The minimum Gasteiger partial charge on any atom is -0.539 e. The first-order valence-electron chi connectivity index (χ1n) is 11.1. The van der Waals surface area contributed by atoms with Crippen molar-refractivity contribution in [2.24, 2.45) is 0 Å². The fourth-order valence-electron chi connectivity index (χ4n) is 4.76. The van der Waals surface area contributed by atoms with Crippen molar-refractivity contribution in [3.05, 3.63) is 115 Å². The Morgan fingerprint density at radius 1 is 0.424 bits per heavy atom. The largest absolute Gasteiger partial charge is 0.539 e. The van der Waals surface area contributed by atoms with Crippen LogP contribution in [0.15, 0.2) is 115 Å². The summed E-state index contributed by atoms with van der Waals surface area (Å²) in [6.07, 6.45) is 0. The van der Waals surface area contributed by atoms with Gasteiger partial charge in [0.1, 0.15) is 5.75 Å². The molecule has 0 aliphatic rings. The predicted molar refractivity (Wildman–Crippen MR) is 140 cm³/mol. The Labute approximate surface area is 193 Å². The summed E-state index contributed by atoms with van der Waals surface area (Å²) in [5, 5.41) is 16.6. The summed E-state index contributed by atoms with van der Waals surface area (Å²) in [5.41, 5.74) is 4.66. The summed E-state index contributed by atoms with van der Waals surface area (Å²) in [5.74, 6) is 0.661. The molecule has 0 fully saturated rings. The van der Waals surface area contributed by atoms with Crippen molar-refractivity contribution >= 4 is 40.0 Å². The van der Waals surface area contributed by atoms with Crippen LogP contribution in [0.3, 0.4) is 0 Å². The second-order valence-corrected chi connectivity index (χ2v) is 8.23. The van der Waals surface area contributed by atoms with E-state index in [1.165, 1.54) is 43.4 Å². The highest BCUT2D eigenvalue weighted by Crippen LogP contribution is 2.37. The molecule has 0 atom stereocenters. The SMILES string of the molecule is OBOc1ccc(-c2ccc(-c3ccc4c5ccccc5c5ccccc5c4c3)cc2)cc1. The van der Waals surface area contributed by atoms with Crippen molar-refractivity contribution in [1.82, 2.24) is 0 Å². The van der Waals surface area contributed by atoms with Crippen molar-refractivity contribution in [2.45, 2.75) is 0 Å². The third kappa shape index (κ3) is 3.43. The molecule has 0 saturated heterocycles. The lowest BCUT2D eigenvalue weighted by molar-refractivity contribution is 0.454. The van der Waals surface area contributed by atoms with E-state index in [4.69, 9.17) is 9.68 Å². The number of benzene rings is 6. The van der Waals surface area contributed by atoms with E-state index < -0.39 is 0 Å². The summed E-state index contributed by atoms with van der Waals surface area (Å²) in [4.78, 5) is 0. The van der Waals surface area contributed by atoms with Crippen molar-refractivity contribution in [2.75, 3.05) is 0 Å². The Hall–Kier alpha value is -4.08. The van der Waals surface area contributed by atoms with Crippen LogP contribution in [-0.2, 0) is 0 Å². The van der Waals surface area contributed by atoms with Crippen molar-refractivity contribution in [3.63, 3.8) is 0 Å². The smallest absolute Gasteiger partial charge is 0.504 e. The molecule has 0 aromatic heterocycles. The van der Waals surface area contributed by atoms with Crippen LogP contribution in [0.25, 0.3) is 54.6 Å². The third-order valence-electron chi connectivity index (χ3n) is 6.38. The quantitative estimate of drug-likeness (QED) is 0.241. The van der Waals surface area contributed by atoms with Gasteiger partial charge >= 0.3 is 7.69 Å². The molecule has 2 nitrogen and oxygen atoms in total. The molecule has 6 rings (SSSR count). The van der Waals surface area contributed by atoms with Gasteiger partial charge in [0, 0.05) is 0 Å². The zero-order valence-corrected chi connectivity index (χ0v) is 18.0. The molecule has 0 heterocycles. The van der Waals surface area contributed by atoms with Crippen LogP contribution in [-0.4, -0.2) is 12.7 Å². The average molecular weight is 424 g/mol. The van der Waals surface area contributed by atoms with Gasteiger partial charge in [-0.15, -0.1) is 0 Å². The molecule has 0 amide bonds. The fraction of sp³-hybridized carbons (Fsp3) is 0. The monoisotopic (exact) mass is 424 g/mol. The van der Waals surface area contributed by atoms with Gasteiger partial charge in [-0.2, -0.15) is 0 Å². The van der Waals surface area contributed by atoms with E-state index in [-0.39, 0.29) is 7.69 Å². The molecule has 0 aliphatic heterocycles. The Morgan fingerprint density at radius 2 is 0.818 bits per heavy atom. The third-order valence-corrected chi connectivity index (χ3v) is 6.38. The van der Waals surface area contributed by atoms with Crippen LogP contribution >= 0.6 is 0 Å². The van der Waals surface area contributed by atoms with Gasteiger partial charge in [0.05, 0.1) is 0 Å². The zero-order chi connectivity index (χ0) is 22.2. The Kier molecular flexibility index (Phi) is 4.82. The number of hydrogen-bond acceptors (Lipinski definition) is 2. The van der Waals surface area contributed by atoms with Crippen molar-refractivity contribution in [1.29, 1.82) is 0 Å². The zero-order valence-electron chi connectivity index (χ0n) is 18.0. The minimum absolute atomic E-state index is 0.315. The van der Waals surface area contributed by atoms with E-state index >= 15 is 0 Å². The van der Waals surface area contributed by atoms with Gasteiger partial charge in [-0.3, -0.25) is 0 Å². The topological polar surface area (TPSA) is 29.5 Å². The Bertz CT molecular complexity index is 1570. The number of hydrogen-bond donors (Lipinski definition) is 1. The molecule has 0 aliphatic carbocycles. The van der Waals surface area contributed by atoms with Gasteiger partial charge in [0.25, 0.3) is 0 Å². The highest BCUT2D eigenvalue weighted by Gasteiger charge is 2.09. The molecule has 0 saturated carbocycles. The first-order chi connectivity index (χ1) is 16.3.